The lowest BCUT2D eigenvalue weighted by molar-refractivity contribution is 0.628. The van der Waals surface area contributed by atoms with E-state index in [-0.39, 0.29) is 5.82 Å². The molecule has 0 spiro atoms. The highest BCUT2D eigenvalue weighted by Crippen LogP contribution is 2.16. The molecule has 1 aromatic carbocycles. The predicted octanol–water partition coefficient (Wildman–Crippen LogP) is 2.89. The molecule has 0 unspecified atom stereocenters. The second kappa shape index (κ2) is 3.35. The Labute approximate surface area is 75.9 Å². The molecule has 2 rings (SSSR count). The maximum atomic E-state index is 12.8. The lowest BCUT2D eigenvalue weighted by Gasteiger charge is -1.98. The van der Waals surface area contributed by atoms with Gasteiger partial charge in [0.2, 0.25) is 0 Å². The highest BCUT2D eigenvalue weighted by molar-refractivity contribution is 5.58. The zero-order valence-electron chi connectivity index (χ0n) is 6.94. The molecule has 0 fully saturated rings. The minimum absolute atomic E-state index is 0.233. The summed E-state index contributed by atoms with van der Waals surface area (Å²) in [6.45, 7) is 0. The second-order valence-corrected chi connectivity index (χ2v) is 2.73. The summed E-state index contributed by atoms with van der Waals surface area (Å²) in [5.41, 5.74) is 1.60. The molecule has 2 heteroatoms. The van der Waals surface area contributed by atoms with Gasteiger partial charge in [0.25, 0.3) is 0 Å². The van der Waals surface area contributed by atoms with E-state index in [2.05, 4.69) is 4.98 Å². The number of halogens is 1. The van der Waals surface area contributed by atoms with Crippen molar-refractivity contribution in [2.24, 2.45) is 0 Å². The number of aromatic nitrogens is 1. The van der Waals surface area contributed by atoms with Gasteiger partial charge in [0.05, 0.1) is 5.69 Å². The van der Waals surface area contributed by atoms with Crippen LogP contribution in [0.5, 0.6) is 0 Å². The van der Waals surface area contributed by atoms with E-state index in [1.165, 1.54) is 12.1 Å². The minimum atomic E-state index is -0.233. The van der Waals surface area contributed by atoms with Crippen molar-refractivity contribution in [1.82, 2.24) is 4.98 Å². The molecule has 0 aliphatic rings. The normalized spacial score (nSPS) is 9.92. The van der Waals surface area contributed by atoms with Crippen molar-refractivity contribution in [2.45, 2.75) is 0 Å². The quantitative estimate of drug-likeness (QED) is 0.646. The van der Waals surface area contributed by atoms with Crippen LogP contribution in [0.15, 0.2) is 48.7 Å². The number of hydrogen-bond acceptors (Lipinski definition) is 1. The van der Waals surface area contributed by atoms with Crippen LogP contribution < -0.4 is 0 Å². The Morgan fingerprint density at radius 3 is 2.62 bits per heavy atom. The first-order valence-electron chi connectivity index (χ1n) is 4.03. The van der Waals surface area contributed by atoms with Crippen molar-refractivity contribution >= 4 is 0 Å². The summed E-state index contributed by atoms with van der Waals surface area (Å²) < 4.78 is 12.8. The van der Waals surface area contributed by atoms with E-state index in [0.29, 0.717) is 0 Å². The van der Waals surface area contributed by atoms with E-state index in [1.54, 1.807) is 12.3 Å². The third-order valence-electron chi connectivity index (χ3n) is 1.79. The molecule has 0 radical (unpaired) electrons. The van der Waals surface area contributed by atoms with Gasteiger partial charge in [-0.2, -0.15) is 0 Å². The van der Waals surface area contributed by atoms with Crippen molar-refractivity contribution in [3.63, 3.8) is 0 Å². The van der Waals surface area contributed by atoms with Crippen molar-refractivity contribution in [3.05, 3.63) is 54.5 Å². The second-order valence-electron chi connectivity index (χ2n) is 2.73. The average Bonchev–Trinajstić information content (AvgIpc) is 2.19. The van der Waals surface area contributed by atoms with E-state index in [4.69, 9.17) is 0 Å². The monoisotopic (exact) mass is 173 g/mol. The van der Waals surface area contributed by atoms with Gasteiger partial charge in [-0.1, -0.05) is 18.2 Å². The van der Waals surface area contributed by atoms with Gasteiger partial charge in [0.1, 0.15) is 5.82 Å². The van der Waals surface area contributed by atoms with Crippen molar-refractivity contribution < 1.29 is 4.39 Å². The average molecular weight is 173 g/mol. The Morgan fingerprint density at radius 2 is 1.92 bits per heavy atom. The van der Waals surface area contributed by atoms with Crippen LogP contribution in [-0.2, 0) is 0 Å². The molecule has 0 amide bonds. The third kappa shape index (κ3) is 1.72. The van der Waals surface area contributed by atoms with Gasteiger partial charge in [0, 0.05) is 11.8 Å². The Morgan fingerprint density at radius 1 is 1.00 bits per heavy atom. The van der Waals surface area contributed by atoms with E-state index < -0.39 is 0 Å². The summed E-state index contributed by atoms with van der Waals surface area (Å²) in [6.07, 6.45) is 1.69. The van der Waals surface area contributed by atoms with Crippen LogP contribution in [0.1, 0.15) is 0 Å². The predicted molar refractivity (Wildman–Crippen MR) is 49.6 cm³/mol. The Kier molecular flexibility index (Phi) is 2.04. The van der Waals surface area contributed by atoms with Gasteiger partial charge in [0.15, 0.2) is 0 Å². The number of rotatable bonds is 1. The fraction of sp³-hybridized carbons (Fsp3) is 0. The van der Waals surface area contributed by atoms with Crippen LogP contribution in [-0.4, -0.2) is 4.98 Å². The molecule has 1 heterocycles. The molecule has 1 nitrogen and oxygen atoms in total. The van der Waals surface area contributed by atoms with Gasteiger partial charge in [-0.25, -0.2) is 4.39 Å². The first-order chi connectivity index (χ1) is 6.36. The lowest BCUT2D eigenvalue weighted by Crippen LogP contribution is -1.82. The van der Waals surface area contributed by atoms with Crippen LogP contribution in [0.25, 0.3) is 11.3 Å². The summed E-state index contributed by atoms with van der Waals surface area (Å²) in [6, 6.07) is 12.0. The molecular weight excluding hydrogens is 165 g/mol. The summed E-state index contributed by atoms with van der Waals surface area (Å²) in [5, 5.41) is 0. The van der Waals surface area contributed by atoms with Crippen molar-refractivity contribution in [1.29, 1.82) is 0 Å². The summed E-state index contributed by atoms with van der Waals surface area (Å²) >= 11 is 0. The first-order valence-corrected chi connectivity index (χ1v) is 4.03. The number of benzene rings is 1. The largest absolute Gasteiger partial charge is 0.256 e. The lowest BCUT2D eigenvalue weighted by atomic mass is 10.1. The molecule has 0 saturated carbocycles. The molecule has 0 aliphatic heterocycles. The number of nitrogens with zero attached hydrogens (tertiary/aromatic N) is 1. The Bertz CT molecular complexity index is 398. The topological polar surface area (TPSA) is 12.9 Å². The highest BCUT2D eigenvalue weighted by atomic mass is 19.1. The van der Waals surface area contributed by atoms with Crippen LogP contribution >= 0.6 is 0 Å². The smallest absolute Gasteiger partial charge is 0.123 e. The van der Waals surface area contributed by atoms with Crippen LogP contribution in [0.4, 0.5) is 4.39 Å². The Hall–Kier alpha value is -1.70. The minimum Gasteiger partial charge on any atom is -0.256 e. The van der Waals surface area contributed by atoms with Crippen LogP contribution in [0.3, 0.4) is 0 Å². The molecule has 1 aromatic heterocycles. The highest BCUT2D eigenvalue weighted by Gasteiger charge is 1.97. The van der Waals surface area contributed by atoms with Crippen molar-refractivity contribution in [3.8, 4) is 11.3 Å². The molecular formula is C11H8FN. The van der Waals surface area contributed by atoms with E-state index in [0.717, 1.165) is 11.3 Å². The van der Waals surface area contributed by atoms with Gasteiger partial charge in [-0.3, -0.25) is 4.98 Å². The van der Waals surface area contributed by atoms with Crippen LogP contribution in [0, 0.1) is 5.82 Å². The molecule has 2 aromatic rings. The summed E-state index contributed by atoms with van der Waals surface area (Å²) in [5.74, 6) is -0.233. The van der Waals surface area contributed by atoms with Crippen LogP contribution in [0.2, 0.25) is 0 Å². The SMILES string of the molecule is Fc1cccc(-c2ccccn2)c1. The molecule has 0 atom stereocenters. The zero-order chi connectivity index (χ0) is 9.10. The fourth-order valence-corrected chi connectivity index (χ4v) is 1.18. The number of hydrogen-bond donors (Lipinski definition) is 0. The standard InChI is InChI=1S/C11H8FN/c12-10-5-3-4-9(8-10)11-6-1-2-7-13-11/h1-8H. The van der Waals surface area contributed by atoms with Crippen molar-refractivity contribution in [2.75, 3.05) is 0 Å². The molecule has 64 valence electrons. The molecule has 0 bridgehead atoms. The maximum absolute atomic E-state index is 12.8. The number of pyridine rings is 1. The van der Waals surface area contributed by atoms with Gasteiger partial charge >= 0.3 is 0 Å². The summed E-state index contributed by atoms with van der Waals surface area (Å²) in [4.78, 5) is 4.12. The maximum Gasteiger partial charge on any atom is 0.123 e. The molecule has 0 aliphatic carbocycles. The Balaban J connectivity index is 2.48. The summed E-state index contributed by atoms with van der Waals surface area (Å²) in [7, 11) is 0. The molecule has 0 saturated heterocycles. The third-order valence-corrected chi connectivity index (χ3v) is 1.79. The van der Waals surface area contributed by atoms with Gasteiger partial charge in [-0.15, -0.1) is 0 Å². The first kappa shape index (κ1) is 7.92. The van der Waals surface area contributed by atoms with Gasteiger partial charge < -0.3 is 0 Å². The zero-order valence-corrected chi connectivity index (χ0v) is 6.94. The van der Waals surface area contributed by atoms with Gasteiger partial charge in [-0.05, 0) is 24.3 Å². The van der Waals surface area contributed by atoms with E-state index in [1.807, 2.05) is 24.3 Å². The molecule has 13 heavy (non-hydrogen) atoms. The molecule has 0 N–H and O–H groups in total. The van der Waals surface area contributed by atoms with E-state index in [9.17, 15) is 4.39 Å². The van der Waals surface area contributed by atoms with E-state index >= 15 is 0 Å². The fourth-order valence-electron chi connectivity index (χ4n) is 1.18.